The second kappa shape index (κ2) is 2.98. The topological polar surface area (TPSA) is 22.0 Å². The van der Waals surface area contributed by atoms with Crippen LogP contribution in [0.15, 0.2) is 24.3 Å². The molecular formula is C12H13NO. The third kappa shape index (κ3) is 1.07. The molecule has 0 aliphatic rings. The maximum Gasteiger partial charge on any atom is 0.162 e. The Morgan fingerprint density at radius 3 is 2.57 bits per heavy atom. The summed E-state index contributed by atoms with van der Waals surface area (Å²) in [4.78, 5) is 11.5. The average Bonchev–Trinajstić information content (AvgIpc) is 2.41. The van der Waals surface area contributed by atoms with Gasteiger partial charge in [-0.2, -0.15) is 0 Å². The lowest BCUT2D eigenvalue weighted by atomic mass is 10.1. The number of carbonyl (C=O) groups is 1. The van der Waals surface area contributed by atoms with E-state index >= 15 is 0 Å². The van der Waals surface area contributed by atoms with E-state index in [1.54, 1.807) is 6.92 Å². The molecule has 0 N–H and O–H groups in total. The third-order valence-corrected chi connectivity index (χ3v) is 2.75. The summed E-state index contributed by atoms with van der Waals surface area (Å²) in [6, 6.07) is 7.99. The first-order chi connectivity index (χ1) is 6.63. The second-order valence-electron chi connectivity index (χ2n) is 3.59. The molecule has 0 aliphatic carbocycles. The molecule has 0 radical (unpaired) electrons. The van der Waals surface area contributed by atoms with E-state index < -0.39 is 0 Å². The summed E-state index contributed by atoms with van der Waals surface area (Å²) in [6.07, 6.45) is 0. The van der Waals surface area contributed by atoms with Crippen LogP contribution in [0.25, 0.3) is 10.9 Å². The summed E-state index contributed by atoms with van der Waals surface area (Å²) in [5.74, 6) is 0.138. The molecule has 0 bridgehead atoms. The molecule has 2 nitrogen and oxygen atoms in total. The SMILES string of the molecule is CC(=O)c1c(C)n(C)c2ccccc12. The molecule has 0 fully saturated rings. The number of rotatable bonds is 1. The van der Waals surface area contributed by atoms with E-state index in [0.29, 0.717) is 0 Å². The molecule has 2 heteroatoms. The molecule has 72 valence electrons. The van der Waals surface area contributed by atoms with Crippen LogP contribution >= 0.6 is 0 Å². The van der Waals surface area contributed by atoms with E-state index in [2.05, 4.69) is 4.57 Å². The van der Waals surface area contributed by atoms with Gasteiger partial charge in [0.2, 0.25) is 0 Å². The molecule has 0 saturated heterocycles. The first-order valence-electron chi connectivity index (χ1n) is 4.68. The van der Waals surface area contributed by atoms with Crippen LogP contribution in [0.5, 0.6) is 0 Å². The maximum atomic E-state index is 11.5. The van der Waals surface area contributed by atoms with Gasteiger partial charge in [0.1, 0.15) is 0 Å². The van der Waals surface area contributed by atoms with Gasteiger partial charge in [-0.25, -0.2) is 0 Å². The van der Waals surface area contributed by atoms with Crippen molar-refractivity contribution in [2.45, 2.75) is 13.8 Å². The standard InChI is InChI=1S/C12H13NO/c1-8-12(9(2)14)10-6-4-5-7-11(10)13(8)3/h4-7H,1-3H3. The Morgan fingerprint density at radius 1 is 1.29 bits per heavy atom. The number of hydrogen-bond donors (Lipinski definition) is 0. The minimum absolute atomic E-state index is 0.138. The Labute approximate surface area is 83.2 Å². The molecule has 1 heterocycles. The largest absolute Gasteiger partial charge is 0.347 e. The van der Waals surface area contributed by atoms with Crippen molar-refractivity contribution >= 4 is 16.7 Å². The summed E-state index contributed by atoms with van der Waals surface area (Å²) in [6.45, 7) is 3.60. The summed E-state index contributed by atoms with van der Waals surface area (Å²) in [5.41, 5.74) is 3.01. The molecule has 14 heavy (non-hydrogen) atoms. The lowest BCUT2D eigenvalue weighted by Crippen LogP contribution is -1.96. The van der Waals surface area contributed by atoms with Crippen LogP contribution in [-0.4, -0.2) is 10.4 Å². The molecule has 2 aromatic rings. The van der Waals surface area contributed by atoms with Crippen LogP contribution in [0.3, 0.4) is 0 Å². The quantitative estimate of drug-likeness (QED) is 0.629. The van der Waals surface area contributed by atoms with Gasteiger partial charge in [0.25, 0.3) is 0 Å². The Bertz CT molecular complexity index is 508. The summed E-state index contributed by atoms with van der Waals surface area (Å²) in [5, 5.41) is 1.06. The highest BCUT2D eigenvalue weighted by molar-refractivity contribution is 6.08. The highest BCUT2D eigenvalue weighted by Gasteiger charge is 2.13. The van der Waals surface area contributed by atoms with Crippen molar-refractivity contribution < 1.29 is 4.79 Å². The predicted molar refractivity (Wildman–Crippen MR) is 57.7 cm³/mol. The van der Waals surface area contributed by atoms with Gasteiger partial charge in [-0.05, 0) is 19.9 Å². The van der Waals surface area contributed by atoms with Crippen molar-refractivity contribution in [3.8, 4) is 0 Å². The van der Waals surface area contributed by atoms with Crippen molar-refractivity contribution in [2.75, 3.05) is 0 Å². The van der Waals surface area contributed by atoms with Gasteiger partial charge in [-0.1, -0.05) is 18.2 Å². The van der Waals surface area contributed by atoms with Gasteiger partial charge >= 0.3 is 0 Å². The van der Waals surface area contributed by atoms with Crippen molar-refractivity contribution in [1.29, 1.82) is 0 Å². The second-order valence-corrected chi connectivity index (χ2v) is 3.59. The van der Waals surface area contributed by atoms with Crippen LogP contribution in [-0.2, 0) is 7.05 Å². The van der Waals surface area contributed by atoms with E-state index in [4.69, 9.17) is 0 Å². The highest BCUT2D eigenvalue weighted by atomic mass is 16.1. The van der Waals surface area contributed by atoms with Gasteiger partial charge in [-0.15, -0.1) is 0 Å². The van der Waals surface area contributed by atoms with Crippen molar-refractivity contribution in [3.63, 3.8) is 0 Å². The minimum atomic E-state index is 0.138. The number of hydrogen-bond acceptors (Lipinski definition) is 1. The van der Waals surface area contributed by atoms with Crippen LogP contribution in [0.2, 0.25) is 0 Å². The number of carbonyl (C=O) groups excluding carboxylic acids is 1. The number of aromatic nitrogens is 1. The third-order valence-electron chi connectivity index (χ3n) is 2.75. The Kier molecular flexibility index (Phi) is 1.92. The highest BCUT2D eigenvalue weighted by Crippen LogP contribution is 2.24. The molecule has 0 amide bonds. The number of benzene rings is 1. The summed E-state index contributed by atoms with van der Waals surface area (Å²) in [7, 11) is 1.99. The van der Waals surface area contributed by atoms with Gasteiger partial charge in [0.05, 0.1) is 0 Å². The Morgan fingerprint density at radius 2 is 1.93 bits per heavy atom. The van der Waals surface area contributed by atoms with Crippen molar-refractivity contribution in [3.05, 3.63) is 35.5 Å². The zero-order valence-corrected chi connectivity index (χ0v) is 8.66. The van der Waals surface area contributed by atoms with E-state index in [1.165, 1.54) is 0 Å². The molecule has 0 spiro atoms. The van der Waals surface area contributed by atoms with E-state index in [0.717, 1.165) is 22.2 Å². The molecule has 0 unspecified atom stereocenters. The van der Waals surface area contributed by atoms with E-state index in [-0.39, 0.29) is 5.78 Å². The van der Waals surface area contributed by atoms with Crippen LogP contribution < -0.4 is 0 Å². The summed E-state index contributed by atoms with van der Waals surface area (Å²) < 4.78 is 2.06. The van der Waals surface area contributed by atoms with Gasteiger partial charge in [0, 0.05) is 29.2 Å². The molecule has 2 rings (SSSR count). The van der Waals surface area contributed by atoms with Gasteiger partial charge in [0.15, 0.2) is 5.78 Å². The van der Waals surface area contributed by atoms with E-state index in [1.807, 2.05) is 38.2 Å². The molecule has 0 saturated carbocycles. The van der Waals surface area contributed by atoms with E-state index in [9.17, 15) is 4.79 Å². The number of Topliss-reactive ketones (excluding diaryl/α,β-unsaturated/α-hetero) is 1. The zero-order valence-electron chi connectivity index (χ0n) is 8.66. The lowest BCUT2D eigenvalue weighted by molar-refractivity contribution is 0.101. The monoisotopic (exact) mass is 187 g/mol. The Hall–Kier alpha value is -1.57. The van der Waals surface area contributed by atoms with Gasteiger partial charge in [-0.3, -0.25) is 4.79 Å². The zero-order chi connectivity index (χ0) is 10.3. The predicted octanol–water partition coefficient (Wildman–Crippen LogP) is 2.69. The van der Waals surface area contributed by atoms with Crippen LogP contribution in [0.4, 0.5) is 0 Å². The first kappa shape index (κ1) is 9.00. The van der Waals surface area contributed by atoms with Crippen molar-refractivity contribution in [1.82, 2.24) is 4.57 Å². The number of aryl methyl sites for hydroxylation is 1. The number of ketones is 1. The molecule has 0 aliphatic heterocycles. The fourth-order valence-corrected chi connectivity index (χ4v) is 1.97. The van der Waals surface area contributed by atoms with Crippen LogP contribution in [0.1, 0.15) is 23.0 Å². The van der Waals surface area contributed by atoms with Crippen LogP contribution in [0, 0.1) is 6.92 Å². The minimum Gasteiger partial charge on any atom is -0.347 e. The first-order valence-corrected chi connectivity index (χ1v) is 4.68. The number of para-hydroxylation sites is 1. The summed E-state index contributed by atoms with van der Waals surface area (Å²) >= 11 is 0. The molecular weight excluding hydrogens is 174 g/mol. The molecule has 1 aromatic heterocycles. The fraction of sp³-hybridized carbons (Fsp3) is 0.250. The average molecular weight is 187 g/mol. The maximum absolute atomic E-state index is 11.5. The lowest BCUT2D eigenvalue weighted by Gasteiger charge is -1.97. The smallest absolute Gasteiger partial charge is 0.162 e. The number of fused-ring (bicyclic) bond motifs is 1. The molecule has 1 aromatic carbocycles. The Balaban J connectivity index is 2.95. The van der Waals surface area contributed by atoms with Crippen molar-refractivity contribution in [2.24, 2.45) is 7.05 Å². The number of nitrogens with zero attached hydrogens (tertiary/aromatic N) is 1. The molecule has 0 atom stereocenters. The normalized spacial score (nSPS) is 10.8. The fourth-order valence-electron chi connectivity index (χ4n) is 1.97. The van der Waals surface area contributed by atoms with Gasteiger partial charge < -0.3 is 4.57 Å².